The average molecular weight is 287 g/mol. The van der Waals surface area contributed by atoms with Crippen molar-refractivity contribution in [2.75, 3.05) is 0 Å². The predicted octanol–water partition coefficient (Wildman–Crippen LogP) is 4.86. The summed E-state index contributed by atoms with van der Waals surface area (Å²) in [5.74, 6) is 0. The van der Waals surface area contributed by atoms with Gasteiger partial charge in [-0.25, -0.2) is 0 Å². The number of benzene rings is 1. The molecule has 1 atom stereocenters. The van der Waals surface area contributed by atoms with Gasteiger partial charge in [0.15, 0.2) is 13.9 Å². The summed E-state index contributed by atoms with van der Waals surface area (Å²) >= 11 is 0. The highest BCUT2D eigenvalue weighted by molar-refractivity contribution is 6.69. The SMILES string of the molecule is CC(C)(C)C(C#N)(/C=C/c1ccccc1)O[Si](C)(C)C. The minimum atomic E-state index is -1.84. The smallest absolute Gasteiger partial charge is 0.186 e. The Labute approximate surface area is 124 Å². The highest BCUT2D eigenvalue weighted by Gasteiger charge is 2.44. The van der Waals surface area contributed by atoms with Gasteiger partial charge in [-0.2, -0.15) is 5.26 Å². The summed E-state index contributed by atoms with van der Waals surface area (Å²) in [6, 6.07) is 12.4. The van der Waals surface area contributed by atoms with E-state index in [1.807, 2.05) is 63.3 Å². The van der Waals surface area contributed by atoms with Crippen LogP contribution < -0.4 is 0 Å². The van der Waals surface area contributed by atoms with Crippen LogP contribution in [0.5, 0.6) is 0 Å². The molecule has 108 valence electrons. The first kappa shape index (κ1) is 16.7. The van der Waals surface area contributed by atoms with Gasteiger partial charge in [0.2, 0.25) is 0 Å². The Morgan fingerprint density at radius 3 is 2.05 bits per heavy atom. The summed E-state index contributed by atoms with van der Waals surface area (Å²) in [6.07, 6.45) is 3.90. The number of nitrogens with zero attached hydrogens (tertiary/aromatic N) is 1. The first-order valence-electron chi connectivity index (χ1n) is 6.95. The van der Waals surface area contributed by atoms with Gasteiger partial charge in [0, 0.05) is 5.41 Å². The molecule has 2 nitrogen and oxygen atoms in total. The normalized spacial score (nSPS) is 15.8. The Morgan fingerprint density at radius 1 is 1.10 bits per heavy atom. The minimum Gasteiger partial charge on any atom is -0.397 e. The summed E-state index contributed by atoms with van der Waals surface area (Å²) < 4.78 is 6.25. The van der Waals surface area contributed by atoms with Crippen molar-refractivity contribution in [3.63, 3.8) is 0 Å². The summed E-state index contributed by atoms with van der Waals surface area (Å²) in [6.45, 7) is 12.5. The zero-order valence-corrected chi connectivity index (χ0v) is 14.4. The van der Waals surface area contributed by atoms with Crippen LogP contribution in [-0.2, 0) is 4.43 Å². The van der Waals surface area contributed by atoms with E-state index in [-0.39, 0.29) is 5.41 Å². The van der Waals surface area contributed by atoms with E-state index < -0.39 is 13.9 Å². The van der Waals surface area contributed by atoms with E-state index in [2.05, 4.69) is 25.7 Å². The molecule has 0 aliphatic rings. The highest BCUT2D eigenvalue weighted by Crippen LogP contribution is 2.37. The summed E-state index contributed by atoms with van der Waals surface area (Å²) in [4.78, 5) is 0. The Hall–Kier alpha value is -1.37. The van der Waals surface area contributed by atoms with E-state index in [1.165, 1.54) is 0 Å². The van der Waals surface area contributed by atoms with Crippen LogP contribution in [0.15, 0.2) is 36.4 Å². The second-order valence-electron chi connectivity index (χ2n) is 7.06. The quantitative estimate of drug-likeness (QED) is 0.741. The van der Waals surface area contributed by atoms with Crippen LogP contribution in [0.1, 0.15) is 26.3 Å². The van der Waals surface area contributed by atoms with Crippen LogP contribution in [0.3, 0.4) is 0 Å². The Bertz CT molecular complexity index is 503. The van der Waals surface area contributed by atoms with E-state index in [1.54, 1.807) is 0 Å². The van der Waals surface area contributed by atoms with Crippen molar-refractivity contribution in [3.8, 4) is 6.07 Å². The molecule has 0 bridgehead atoms. The zero-order chi connectivity index (χ0) is 15.4. The lowest BCUT2D eigenvalue weighted by Crippen LogP contribution is -2.49. The molecule has 0 saturated heterocycles. The molecule has 0 radical (unpaired) electrons. The summed E-state index contributed by atoms with van der Waals surface area (Å²) in [7, 11) is -1.84. The van der Waals surface area contributed by atoms with Crippen molar-refractivity contribution >= 4 is 14.4 Å². The van der Waals surface area contributed by atoms with Gasteiger partial charge < -0.3 is 4.43 Å². The van der Waals surface area contributed by atoms with E-state index in [9.17, 15) is 5.26 Å². The lowest BCUT2D eigenvalue weighted by molar-refractivity contribution is 0.0560. The van der Waals surface area contributed by atoms with Gasteiger partial charge in [-0.05, 0) is 31.3 Å². The van der Waals surface area contributed by atoms with E-state index >= 15 is 0 Å². The van der Waals surface area contributed by atoms with E-state index in [0.717, 1.165) is 5.56 Å². The van der Waals surface area contributed by atoms with Crippen LogP contribution in [0, 0.1) is 16.7 Å². The van der Waals surface area contributed by atoms with Crippen molar-refractivity contribution in [3.05, 3.63) is 42.0 Å². The molecule has 0 amide bonds. The molecular formula is C17H25NOSi. The van der Waals surface area contributed by atoms with Crippen LogP contribution in [0.25, 0.3) is 6.08 Å². The topological polar surface area (TPSA) is 33.0 Å². The fraction of sp³-hybridized carbons (Fsp3) is 0.471. The van der Waals surface area contributed by atoms with Crippen molar-refractivity contribution in [2.24, 2.45) is 5.41 Å². The standard InChI is InChI=1S/C17H25NOSi/c1-16(2,3)17(14-18,19-20(4,5)6)13-12-15-10-8-7-9-11-15/h7-13H,1-6H3/b13-12+. The molecule has 1 unspecified atom stereocenters. The summed E-state index contributed by atoms with van der Waals surface area (Å²) in [5.41, 5.74) is -0.101. The maximum absolute atomic E-state index is 9.75. The first-order valence-corrected chi connectivity index (χ1v) is 10.4. The number of hydrogen-bond donors (Lipinski definition) is 0. The van der Waals surface area contributed by atoms with Crippen molar-refractivity contribution in [2.45, 2.75) is 46.0 Å². The van der Waals surface area contributed by atoms with Crippen molar-refractivity contribution < 1.29 is 4.43 Å². The van der Waals surface area contributed by atoms with E-state index in [0.29, 0.717) is 0 Å². The number of hydrogen-bond acceptors (Lipinski definition) is 2. The number of rotatable bonds is 4. The molecule has 0 N–H and O–H groups in total. The maximum Gasteiger partial charge on any atom is 0.186 e. The molecule has 0 saturated carbocycles. The first-order chi connectivity index (χ1) is 9.10. The molecule has 1 rings (SSSR count). The molecule has 0 aliphatic carbocycles. The molecule has 3 heteroatoms. The van der Waals surface area contributed by atoms with Gasteiger partial charge in [-0.15, -0.1) is 0 Å². The molecule has 0 heterocycles. The van der Waals surface area contributed by atoms with Gasteiger partial charge in [0.1, 0.15) is 6.07 Å². The largest absolute Gasteiger partial charge is 0.397 e. The Kier molecular flexibility index (Phi) is 4.96. The predicted molar refractivity (Wildman–Crippen MR) is 87.7 cm³/mol. The molecule has 1 aromatic carbocycles. The van der Waals surface area contributed by atoms with Crippen LogP contribution in [-0.4, -0.2) is 13.9 Å². The van der Waals surface area contributed by atoms with Gasteiger partial charge in [-0.3, -0.25) is 0 Å². The van der Waals surface area contributed by atoms with Gasteiger partial charge >= 0.3 is 0 Å². The Balaban J connectivity index is 3.19. The fourth-order valence-electron chi connectivity index (χ4n) is 1.93. The molecule has 20 heavy (non-hydrogen) atoms. The van der Waals surface area contributed by atoms with Crippen molar-refractivity contribution in [1.82, 2.24) is 0 Å². The second-order valence-corrected chi connectivity index (χ2v) is 11.5. The lowest BCUT2D eigenvalue weighted by Gasteiger charge is -2.41. The van der Waals surface area contributed by atoms with Crippen LogP contribution in [0.4, 0.5) is 0 Å². The minimum absolute atomic E-state index is 0.284. The third-order valence-electron chi connectivity index (χ3n) is 3.06. The van der Waals surface area contributed by atoms with Crippen molar-refractivity contribution in [1.29, 1.82) is 5.26 Å². The molecule has 1 aromatic rings. The van der Waals surface area contributed by atoms with Crippen LogP contribution >= 0.6 is 0 Å². The fourth-order valence-corrected chi connectivity index (χ4v) is 3.31. The molecular weight excluding hydrogens is 262 g/mol. The molecule has 0 spiro atoms. The molecule has 0 aromatic heterocycles. The molecule has 0 aliphatic heterocycles. The summed E-state index contributed by atoms with van der Waals surface area (Å²) in [5, 5.41) is 9.75. The molecule has 0 fully saturated rings. The zero-order valence-electron chi connectivity index (χ0n) is 13.4. The third kappa shape index (κ3) is 4.33. The average Bonchev–Trinajstić information content (AvgIpc) is 2.33. The third-order valence-corrected chi connectivity index (χ3v) is 3.99. The maximum atomic E-state index is 9.75. The second kappa shape index (κ2) is 5.95. The van der Waals surface area contributed by atoms with E-state index in [4.69, 9.17) is 4.43 Å². The Morgan fingerprint density at radius 2 is 1.65 bits per heavy atom. The lowest BCUT2D eigenvalue weighted by atomic mass is 9.77. The monoisotopic (exact) mass is 287 g/mol. The number of nitriles is 1. The van der Waals surface area contributed by atoms with Gasteiger partial charge in [0.05, 0.1) is 0 Å². The highest BCUT2D eigenvalue weighted by atomic mass is 28.4. The van der Waals surface area contributed by atoms with Crippen LogP contribution in [0.2, 0.25) is 19.6 Å². The van der Waals surface area contributed by atoms with Gasteiger partial charge in [0.25, 0.3) is 0 Å². The van der Waals surface area contributed by atoms with Gasteiger partial charge in [-0.1, -0.05) is 57.2 Å².